The third-order valence-corrected chi connectivity index (χ3v) is 4.11. The van der Waals surface area contributed by atoms with Gasteiger partial charge in [-0.2, -0.15) is 0 Å². The molecule has 0 bridgehead atoms. The molecule has 0 aliphatic carbocycles. The van der Waals surface area contributed by atoms with Crippen molar-refractivity contribution in [2.24, 2.45) is 5.84 Å². The van der Waals surface area contributed by atoms with Crippen LogP contribution in [0.15, 0.2) is 22.9 Å². The van der Waals surface area contributed by atoms with Gasteiger partial charge in [-0.3, -0.25) is 11.3 Å². The number of aryl methyl sites for hydroxylation is 1. The maximum absolute atomic E-state index is 5.55. The van der Waals surface area contributed by atoms with Crippen LogP contribution in [0.2, 0.25) is 0 Å². The van der Waals surface area contributed by atoms with Crippen LogP contribution in [-0.2, 0) is 6.42 Å². The molecule has 2 rings (SSSR count). The third-order valence-electron chi connectivity index (χ3n) is 2.13. The fourth-order valence-electron chi connectivity index (χ4n) is 1.40. The molecular weight excluding hydrogens is 226 g/mol. The van der Waals surface area contributed by atoms with Gasteiger partial charge in [0.05, 0.1) is 11.0 Å². The van der Waals surface area contributed by atoms with Crippen LogP contribution < -0.4 is 11.3 Å². The molecule has 0 saturated carbocycles. The fourth-order valence-corrected chi connectivity index (χ4v) is 3.01. The Morgan fingerprint density at radius 2 is 2.40 bits per heavy atom. The Kier molecular flexibility index (Phi) is 3.48. The lowest BCUT2D eigenvalue weighted by molar-refractivity contribution is 0.559. The molecular formula is C10H13N3S2. The van der Waals surface area contributed by atoms with Gasteiger partial charge in [-0.15, -0.1) is 22.7 Å². The van der Waals surface area contributed by atoms with Gasteiger partial charge in [0.25, 0.3) is 0 Å². The lowest BCUT2D eigenvalue weighted by Crippen LogP contribution is -2.28. The highest BCUT2D eigenvalue weighted by Gasteiger charge is 2.13. The normalized spacial score (nSPS) is 12.9. The zero-order chi connectivity index (χ0) is 10.7. The molecule has 2 aromatic rings. The highest BCUT2D eigenvalue weighted by Crippen LogP contribution is 2.23. The average molecular weight is 239 g/mol. The number of thiazole rings is 1. The van der Waals surface area contributed by atoms with Gasteiger partial charge in [0.15, 0.2) is 0 Å². The SMILES string of the molecule is Cc1csc(CC(NN)c2cccs2)n1. The molecule has 0 radical (unpaired) electrons. The Labute approximate surface area is 96.9 Å². The van der Waals surface area contributed by atoms with E-state index in [9.17, 15) is 0 Å². The summed E-state index contributed by atoms with van der Waals surface area (Å²) in [5.41, 5.74) is 3.92. The van der Waals surface area contributed by atoms with E-state index < -0.39 is 0 Å². The standard InChI is InChI=1S/C10H13N3S2/c1-7-6-15-10(12-7)5-8(13-11)9-3-2-4-14-9/h2-4,6,8,13H,5,11H2,1H3. The molecule has 3 nitrogen and oxygen atoms in total. The van der Waals surface area contributed by atoms with Gasteiger partial charge < -0.3 is 0 Å². The number of nitrogens with two attached hydrogens (primary N) is 1. The molecule has 1 unspecified atom stereocenters. The molecule has 0 spiro atoms. The lowest BCUT2D eigenvalue weighted by Gasteiger charge is -2.11. The predicted octanol–water partition coefficient (Wildman–Crippen LogP) is 2.26. The Bertz CT molecular complexity index is 408. The van der Waals surface area contributed by atoms with E-state index in [-0.39, 0.29) is 6.04 Å². The van der Waals surface area contributed by atoms with Crippen molar-refractivity contribution in [1.29, 1.82) is 0 Å². The van der Waals surface area contributed by atoms with Crippen LogP contribution in [0, 0.1) is 6.92 Å². The number of nitrogens with one attached hydrogen (secondary N) is 1. The number of nitrogens with zero attached hydrogens (tertiary/aromatic N) is 1. The minimum Gasteiger partial charge on any atom is -0.271 e. The van der Waals surface area contributed by atoms with Crippen molar-refractivity contribution in [3.05, 3.63) is 38.5 Å². The van der Waals surface area contributed by atoms with Crippen LogP contribution >= 0.6 is 22.7 Å². The molecule has 3 N–H and O–H groups in total. The summed E-state index contributed by atoms with van der Waals surface area (Å²) in [4.78, 5) is 5.69. The number of hydrazine groups is 1. The molecule has 15 heavy (non-hydrogen) atoms. The van der Waals surface area contributed by atoms with Crippen LogP contribution in [0.1, 0.15) is 21.6 Å². The van der Waals surface area contributed by atoms with E-state index in [0.717, 1.165) is 17.1 Å². The fraction of sp³-hybridized carbons (Fsp3) is 0.300. The van der Waals surface area contributed by atoms with Crippen LogP contribution in [-0.4, -0.2) is 4.98 Å². The highest BCUT2D eigenvalue weighted by atomic mass is 32.1. The topological polar surface area (TPSA) is 50.9 Å². The average Bonchev–Trinajstić information content (AvgIpc) is 2.85. The van der Waals surface area contributed by atoms with Gasteiger partial charge in [0.1, 0.15) is 0 Å². The molecule has 0 aromatic carbocycles. The lowest BCUT2D eigenvalue weighted by atomic mass is 10.2. The zero-order valence-corrected chi connectivity index (χ0v) is 10.1. The third kappa shape index (κ3) is 2.63. The smallest absolute Gasteiger partial charge is 0.0947 e. The summed E-state index contributed by atoms with van der Waals surface area (Å²) in [6.07, 6.45) is 0.857. The van der Waals surface area contributed by atoms with Gasteiger partial charge in [-0.1, -0.05) is 6.07 Å². The zero-order valence-electron chi connectivity index (χ0n) is 8.43. The van der Waals surface area contributed by atoms with Gasteiger partial charge in [-0.25, -0.2) is 4.98 Å². The predicted molar refractivity (Wildman–Crippen MR) is 64.9 cm³/mol. The van der Waals surface area contributed by atoms with E-state index in [1.165, 1.54) is 4.88 Å². The number of rotatable bonds is 4. The van der Waals surface area contributed by atoms with Crippen molar-refractivity contribution in [3.8, 4) is 0 Å². The van der Waals surface area contributed by atoms with Crippen LogP contribution in [0.4, 0.5) is 0 Å². The number of thiophene rings is 1. The molecule has 0 amide bonds. The Morgan fingerprint density at radius 3 is 2.93 bits per heavy atom. The number of hydrogen-bond acceptors (Lipinski definition) is 5. The summed E-state index contributed by atoms with van der Waals surface area (Å²) in [6, 6.07) is 4.31. The summed E-state index contributed by atoms with van der Waals surface area (Å²) >= 11 is 3.40. The number of hydrogen-bond donors (Lipinski definition) is 2. The molecule has 2 aromatic heterocycles. The first-order valence-electron chi connectivity index (χ1n) is 4.70. The van der Waals surface area contributed by atoms with Gasteiger partial charge in [0, 0.05) is 22.4 Å². The van der Waals surface area contributed by atoms with E-state index in [1.807, 2.05) is 13.0 Å². The summed E-state index contributed by atoms with van der Waals surface area (Å²) in [6.45, 7) is 2.01. The van der Waals surface area contributed by atoms with Gasteiger partial charge in [-0.05, 0) is 18.4 Å². The monoisotopic (exact) mass is 239 g/mol. The first-order chi connectivity index (χ1) is 7.29. The van der Waals surface area contributed by atoms with Crippen LogP contribution in [0.25, 0.3) is 0 Å². The van der Waals surface area contributed by atoms with Gasteiger partial charge in [0.2, 0.25) is 0 Å². The molecule has 5 heteroatoms. The summed E-state index contributed by atoms with van der Waals surface area (Å²) in [5, 5.41) is 5.26. The summed E-state index contributed by atoms with van der Waals surface area (Å²) in [5.74, 6) is 5.55. The second-order valence-electron chi connectivity index (χ2n) is 3.32. The van der Waals surface area contributed by atoms with Crippen molar-refractivity contribution < 1.29 is 0 Å². The Morgan fingerprint density at radius 1 is 1.53 bits per heavy atom. The molecule has 2 heterocycles. The minimum absolute atomic E-state index is 0.176. The Hall–Kier alpha value is -0.750. The highest BCUT2D eigenvalue weighted by molar-refractivity contribution is 7.10. The van der Waals surface area contributed by atoms with E-state index in [4.69, 9.17) is 5.84 Å². The molecule has 0 fully saturated rings. The van der Waals surface area contributed by atoms with Crippen molar-refractivity contribution in [2.45, 2.75) is 19.4 Å². The van der Waals surface area contributed by atoms with Gasteiger partial charge >= 0.3 is 0 Å². The second-order valence-corrected chi connectivity index (χ2v) is 5.24. The molecule has 1 atom stereocenters. The van der Waals surface area contributed by atoms with E-state index in [2.05, 4.69) is 27.2 Å². The first kappa shape index (κ1) is 10.8. The van der Waals surface area contributed by atoms with Crippen molar-refractivity contribution in [3.63, 3.8) is 0 Å². The first-order valence-corrected chi connectivity index (χ1v) is 6.46. The summed E-state index contributed by atoms with van der Waals surface area (Å²) < 4.78 is 0. The van der Waals surface area contributed by atoms with Crippen LogP contribution in [0.5, 0.6) is 0 Å². The minimum atomic E-state index is 0.176. The van der Waals surface area contributed by atoms with E-state index >= 15 is 0 Å². The van der Waals surface area contributed by atoms with E-state index in [0.29, 0.717) is 0 Å². The largest absolute Gasteiger partial charge is 0.271 e. The maximum Gasteiger partial charge on any atom is 0.0947 e. The maximum atomic E-state index is 5.55. The Balaban J connectivity index is 2.09. The molecule has 0 saturated heterocycles. The van der Waals surface area contributed by atoms with E-state index in [1.54, 1.807) is 22.7 Å². The molecule has 80 valence electrons. The van der Waals surface area contributed by atoms with Crippen molar-refractivity contribution in [2.75, 3.05) is 0 Å². The molecule has 0 aliphatic heterocycles. The van der Waals surface area contributed by atoms with Crippen molar-refractivity contribution >= 4 is 22.7 Å². The molecule has 0 aliphatic rings. The quantitative estimate of drug-likeness (QED) is 0.635. The second kappa shape index (κ2) is 4.85. The number of aromatic nitrogens is 1. The van der Waals surface area contributed by atoms with Crippen LogP contribution in [0.3, 0.4) is 0 Å². The summed E-state index contributed by atoms with van der Waals surface area (Å²) in [7, 11) is 0. The van der Waals surface area contributed by atoms with Crippen molar-refractivity contribution in [1.82, 2.24) is 10.4 Å².